The molecule has 0 aliphatic carbocycles. The van der Waals surface area contributed by atoms with Gasteiger partial charge in [-0.2, -0.15) is 0 Å². The molecule has 0 spiro atoms. The third-order valence-electron chi connectivity index (χ3n) is 5.88. The van der Waals surface area contributed by atoms with Crippen LogP contribution >= 0.6 is 11.3 Å². The fourth-order valence-corrected chi connectivity index (χ4v) is 5.15. The van der Waals surface area contributed by atoms with Gasteiger partial charge in [0.1, 0.15) is 5.75 Å². The molecule has 1 aromatic heterocycles. The summed E-state index contributed by atoms with van der Waals surface area (Å²) in [6.45, 7) is 0. The van der Waals surface area contributed by atoms with Crippen molar-refractivity contribution in [3.63, 3.8) is 0 Å². The summed E-state index contributed by atoms with van der Waals surface area (Å²) in [6.07, 6.45) is 1.18. The van der Waals surface area contributed by atoms with E-state index in [4.69, 9.17) is 15.9 Å². The Kier molecular flexibility index (Phi) is 6.04. The van der Waals surface area contributed by atoms with Crippen molar-refractivity contribution in [1.29, 1.82) is 5.41 Å². The lowest BCUT2D eigenvalue weighted by Crippen LogP contribution is -2.14. The number of nitrogen functional groups attached to an aromatic ring is 1. The van der Waals surface area contributed by atoms with Crippen molar-refractivity contribution < 1.29 is 9.53 Å². The van der Waals surface area contributed by atoms with E-state index in [-0.39, 0.29) is 5.91 Å². The molecule has 0 fully saturated rings. The molecule has 0 saturated carbocycles. The van der Waals surface area contributed by atoms with E-state index in [0.29, 0.717) is 28.3 Å². The van der Waals surface area contributed by atoms with E-state index in [2.05, 4.69) is 17.4 Å². The van der Waals surface area contributed by atoms with E-state index < -0.39 is 0 Å². The summed E-state index contributed by atoms with van der Waals surface area (Å²) < 4.78 is 6.63. The molecule has 0 aliphatic rings. The van der Waals surface area contributed by atoms with Crippen LogP contribution in [0.25, 0.3) is 31.7 Å². The number of carbonyl (C=O) groups is 1. The van der Waals surface area contributed by atoms with E-state index >= 15 is 0 Å². The second kappa shape index (κ2) is 9.44. The van der Waals surface area contributed by atoms with E-state index in [9.17, 15) is 4.79 Å². The SMILES string of the molecule is COc1ccc(-c2ccccc2)cc1NC(=O)c1cc(C=N)c(N)c(-c2cc3ccccc3s2)c1. The van der Waals surface area contributed by atoms with Crippen molar-refractivity contribution in [2.75, 3.05) is 18.2 Å². The number of nitrogens with two attached hydrogens (primary N) is 1. The smallest absolute Gasteiger partial charge is 0.255 e. The molecule has 5 nitrogen and oxygen atoms in total. The van der Waals surface area contributed by atoms with Crippen LogP contribution in [-0.2, 0) is 0 Å². The number of hydrogen-bond acceptors (Lipinski definition) is 5. The molecular weight excluding hydrogens is 454 g/mol. The highest BCUT2D eigenvalue weighted by Gasteiger charge is 2.17. The lowest BCUT2D eigenvalue weighted by atomic mass is 10.0. The number of anilines is 2. The van der Waals surface area contributed by atoms with Crippen molar-refractivity contribution in [3.8, 4) is 27.3 Å². The van der Waals surface area contributed by atoms with Gasteiger partial charge in [0.05, 0.1) is 12.8 Å². The number of carbonyl (C=O) groups excluding carboxylic acids is 1. The van der Waals surface area contributed by atoms with Crippen molar-refractivity contribution in [1.82, 2.24) is 0 Å². The van der Waals surface area contributed by atoms with Gasteiger partial charge in [0.2, 0.25) is 0 Å². The standard InChI is InChI=1S/C29H23N3O2S/c1-34-25-12-11-19(18-7-3-2-4-8-18)15-24(25)32-29(33)21-13-22(17-30)28(31)23(14-21)27-16-20-9-5-6-10-26(20)35-27/h2-17,30H,31H2,1H3,(H,32,33). The van der Waals surface area contributed by atoms with Gasteiger partial charge in [-0.05, 0) is 52.9 Å². The first-order valence-corrected chi connectivity index (χ1v) is 11.9. The molecule has 0 unspecified atom stereocenters. The predicted octanol–water partition coefficient (Wildman–Crippen LogP) is 7.08. The molecule has 0 saturated heterocycles. The molecule has 1 heterocycles. The number of thiophene rings is 1. The van der Waals surface area contributed by atoms with Crippen LogP contribution in [0.5, 0.6) is 5.75 Å². The lowest BCUT2D eigenvalue weighted by Gasteiger charge is -2.14. The molecule has 6 heteroatoms. The largest absolute Gasteiger partial charge is 0.495 e. The second-order valence-electron chi connectivity index (χ2n) is 8.05. The first-order chi connectivity index (χ1) is 17.1. The molecule has 0 bridgehead atoms. The van der Waals surface area contributed by atoms with Crippen LogP contribution in [0.15, 0.2) is 91.0 Å². The van der Waals surface area contributed by atoms with Gasteiger partial charge in [0, 0.05) is 38.2 Å². The molecule has 4 N–H and O–H groups in total. The maximum atomic E-state index is 13.4. The van der Waals surface area contributed by atoms with Crippen molar-refractivity contribution in [3.05, 3.63) is 102 Å². The Morgan fingerprint density at radius 2 is 1.71 bits per heavy atom. The molecule has 4 aromatic carbocycles. The number of amides is 1. The Morgan fingerprint density at radius 1 is 0.943 bits per heavy atom. The highest BCUT2D eigenvalue weighted by Crippen LogP contribution is 2.38. The van der Waals surface area contributed by atoms with Gasteiger partial charge in [-0.25, -0.2) is 0 Å². The monoisotopic (exact) mass is 477 g/mol. The molecule has 5 rings (SSSR count). The van der Waals surface area contributed by atoms with Crippen LogP contribution < -0.4 is 15.8 Å². The topological polar surface area (TPSA) is 88.2 Å². The zero-order valence-corrected chi connectivity index (χ0v) is 19.9. The minimum atomic E-state index is -0.307. The Morgan fingerprint density at radius 3 is 2.46 bits per heavy atom. The van der Waals surface area contributed by atoms with Crippen molar-refractivity contribution >= 4 is 44.9 Å². The van der Waals surface area contributed by atoms with Crippen molar-refractivity contribution in [2.24, 2.45) is 0 Å². The first-order valence-electron chi connectivity index (χ1n) is 11.0. The van der Waals surface area contributed by atoms with Gasteiger partial charge in [-0.1, -0.05) is 54.6 Å². The van der Waals surface area contributed by atoms with Crippen LogP contribution in [0.4, 0.5) is 11.4 Å². The summed E-state index contributed by atoms with van der Waals surface area (Å²) in [5.74, 6) is 0.254. The van der Waals surface area contributed by atoms with Crippen LogP contribution in [0, 0.1) is 5.41 Å². The van der Waals surface area contributed by atoms with Crippen LogP contribution in [0.2, 0.25) is 0 Å². The number of benzene rings is 4. The summed E-state index contributed by atoms with van der Waals surface area (Å²) in [7, 11) is 1.57. The summed E-state index contributed by atoms with van der Waals surface area (Å²) in [6, 6.07) is 29.2. The molecular formula is C29H23N3O2S. The minimum Gasteiger partial charge on any atom is -0.495 e. The molecule has 0 atom stereocenters. The summed E-state index contributed by atoms with van der Waals surface area (Å²) >= 11 is 1.61. The maximum absolute atomic E-state index is 13.4. The van der Waals surface area contributed by atoms with Crippen molar-refractivity contribution in [2.45, 2.75) is 0 Å². The van der Waals surface area contributed by atoms with Gasteiger partial charge >= 0.3 is 0 Å². The minimum absolute atomic E-state index is 0.307. The number of methoxy groups -OCH3 is 1. The third kappa shape index (κ3) is 4.39. The highest BCUT2D eigenvalue weighted by atomic mass is 32.1. The summed E-state index contributed by atoms with van der Waals surface area (Å²) in [5, 5.41) is 11.9. The van der Waals surface area contributed by atoms with Gasteiger partial charge < -0.3 is 21.2 Å². The van der Waals surface area contributed by atoms with Crippen LogP contribution in [-0.4, -0.2) is 19.2 Å². The van der Waals surface area contributed by atoms with E-state index in [1.54, 1.807) is 30.6 Å². The Labute approximate surface area is 207 Å². The zero-order chi connectivity index (χ0) is 24.4. The first kappa shape index (κ1) is 22.4. The fraction of sp³-hybridized carbons (Fsp3) is 0.0345. The van der Waals surface area contributed by atoms with Gasteiger partial charge in [-0.15, -0.1) is 11.3 Å². The summed E-state index contributed by atoms with van der Waals surface area (Å²) in [4.78, 5) is 14.3. The Bertz CT molecular complexity index is 1520. The number of ether oxygens (including phenoxy) is 1. The molecule has 35 heavy (non-hydrogen) atoms. The third-order valence-corrected chi connectivity index (χ3v) is 7.02. The Balaban J connectivity index is 1.54. The summed E-state index contributed by atoms with van der Waals surface area (Å²) in [5.41, 5.74) is 11.1. The predicted molar refractivity (Wildman–Crippen MR) is 146 cm³/mol. The molecule has 5 aromatic rings. The zero-order valence-electron chi connectivity index (χ0n) is 19.0. The van der Waals surface area contributed by atoms with Gasteiger partial charge in [0.25, 0.3) is 5.91 Å². The average molecular weight is 478 g/mol. The number of hydrogen-bond donors (Lipinski definition) is 3. The molecule has 0 radical (unpaired) electrons. The van der Waals surface area contributed by atoms with Crippen LogP contribution in [0.3, 0.4) is 0 Å². The van der Waals surface area contributed by atoms with E-state index in [1.807, 2.05) is 66.7 Å². The Hall–Kier alpha value is -4.42. The lowest BCUT2D eigenvalue weighted by molar-refractivity contribution is 0.102. The fourth-order valence-electron chi connectivity index (χ4n) is 4.05. The molecule has 1 amide bonds. The second-order valence-corrected chi connectivity index (χ2v) is 9.14. The van der Waals surface area contributed by atoms with E-state index in [1.165, 1.54) is 6.21 Å². The van der Waals surface area contributed by atoms with Gasteiger partial charge in [-0.3, -0.25) is 4.79 Å². The van der Waals surface area contributed by atoms with Crippen LogP contribution in [0.1, 0.15) is 15.9 Å². The van der Waals surface area contributed by atoms with Gasteiger partial charge in [0.15, 0.2) is 0 Å². The highest BCUT2D eigenvalue weighted by molar-refractivity contribution is 7.22. The quantitative estimate of drug-likeness (QED) is 0.180. The number of rotatable bonds is 6. The maximum Gasteiger partial charge on any atom is 0.255 e. The normalized spacial score (nSPS) is 10.8. The number of nitrogens with one attached hydrogen (secondary N) is 2. The average Bonchev–Trinajstić information content (AvgIpc) is 3.33. The molecule has 172 valence electrons. The van der Waals surface area contributed by atoms with E-state index in [0.717, 1.165) is 31.7 Å². The number of fused-ring (bicyclic) bond motifs is 1. The molecule has 0 aliphatic heterocycles.